The Labute approximate surface area is 216 Å². The standard InChI is InChI=1S/C26H28F4N4O4/c1-24(2,3)38-23(36)34-25(4,5)16-10-19(15-6-8-17(27)9-7-15)33-20(11-16)18(26(28,29)30)12-31-22(35)21-13-37-14-32-21/h6-11,13-14,18H,12H2,1-5H3,(H,31,35)(H,34,36). The number of alkyl carbamates (subject to hydrolysis) is 1. The molecular weight excluding hydrogens is 508 g/mol. The second kappa shape index (κ2) is 10.8. The molecule has 0 aliphatic heterocycles. The van der Waals surface area contributed by atoms with Gasteiger partial charge in [0.2, 0.25) is 0 Å². The Morgan fingerprint density at radius 2 is 1.71 bits per heavy atom. The molecule has 2 amide bonds. The van der Waals surface area contributed by atoms with Crippen molar-refractivity contribution in [2.24, 2.45) is 0 Å². The van der Waals surface area contributed by atoms with Crippen LogP contribution in [0.5, 0.6) is 0 Å². The van der Waals surface area contributed by atoms with Crippen molar-refractivity contribution in [3.8, 4) is 11.3 Å². The van der Waals surface area contributed by atoms with E-state index in [1.54, 1.807) is 34.6 Å². The van der Waals surface area contributed by atoms with Crippen LogP contribution in [0, 0.1) is 5.82 Å². The van der Waals surface area contributed by atoms with Crippen molar-refractivity contribution in [1.82, 2.24) is 20.6 Å². The fourth-order valence-electron chi connectivity index (χ4n) is 3.49. The third kappa shape index (κ3) is 7.53. The van der Waals surface area contributed by atoms with Crippen LogP contribution in [0.1, 0.15) is 62.3 Å². The molecule has 0 spiro atoms. The molecule has 0 bridgehead atoms. The first kappa shape index (κ1) is 28.6. The van der Waals surface area contributed by atoms with Crippen molar-refractivity contribution in [2.45, 2.75) is 57.9 Å². The molecule has 38 heavy (non-hydrogen) atoms. The number of hydrogen-bond acceptors (Lipinski definition) is 6. The summed E-state index contributed by atoms with van der Waals surface area (Å²) < 4.78 is 66.3. The summed E-state index contributed by atoms with van der Waals surface area (Å²) in [5.74, 6) is -3.59. The fraction of sp³-hybridized carbons (Fsp3) is 0.385. The second-order valence-electron chi connectivity index (χ2n) is 10.1. The van der Waals surface area contributed by atoms with E-state index in [9.17, 15) is 27.2 Å². The number of nitrogens with one attached hydrogen (secondary N) is 2. The molecule has 0 aliphatic carbocycles. The largest absolute Gasteiger partial charge is 0.451 e. The predicted molar refractivity (Wildman–Crippen MR) is 130 cm³/mol. The number of amides is 2. The Morgan fingerprint density at radius 3 is 2.26 bits per heavy atom. The lowest BCUT2D eigenvalue weighted by atomic mass is 9.90. The Hall–Kier alpha value is -3.96. The average molecular weight is 537 g/mol. The molecule has 1 unspecified atom stereocenters. The number of oxazole rings is 1. The van der Waals surface area contributed by atoms with E-state index in [4.69, 9.17) is 9.15 Å². The van der Waals surface area contributed by atoms with Gasteiger partial charge < -0.3 is 19.8 Å². The summed E-state index contributed by atoms with van der Waals surface area (Å²) in [5, 5.41) is 4.88. The van der Waals surface area contributed by atoms with Gasteiger partial charge in [-0.05, 0) is 76.6 Å². The number of hydrogen-bond donors (Lipinski definition) is 2. The molecule has 8 nitrogen and oxygen atoms in total. The number of pyridine rings is 1. The van der Waals surface area contributed by atoms with E-state index >= 15 is 0 Å². The number of carbonyl (C=O) groups is 2. The summed E-state index contributed by atoms with van der Waals surface area (Å²) in [6, 6.07) is 7.81. The lowest BCUT2D eigenvalue weighted by molar-refractivity contribution is -0.149. The maximum absolute atomic E-state index is 14.2. The molecule has 0 radical (unpaired) electrons. The van der Waals surface area contributed by atoms with Crippen LogP contribution in [0.3, 0.4) is 0 Å². The number of carbonyl (C=O) groups excluding carboxylic acids is 2. The van der Waals surface area contributed by atoms with E-state index in [1.807, 2.05) is 0 Å². The number of rotatable bonds is 7. The van der Waals surface area contributed by atoms with Crippen LogP contribution in [0.4, 0.5) is 22.4 Å². The number of aromatic nitrogens is 2. The molecule has 1 aromatic carbocycles. The number of halogens is 4. The third-order valence-electron chi connectivity index (χ3n) is 5.40. The van der Waals surface area contributed by atoms with Gasteiger partial charge in [0.25, 0.3) is 5.91 Å². The Balaban J connectivity index is 2.04. The first-order valence-electron chi connectivity index (χ1n) is 11.6. The van der Waals surface area contributed by atoms with Gasteiger partial charge in [-0.25, -0.2) is 14.2 Å². The Morgan fingerprint density at radius 1 is 1.05 bits per heavy atom. The van der Waals surface area contributed by atoms with Crippen LogP contribution in [0.2, 0.25) is 0 Å². The number of benzene rings is 1. The Kier molecular flexibility index (Phi) is 8.13. The van der Waals surface area contributed by atoms with Crippen molar-refractivity contribution in [3.05, 3.63) is 71.8 Å². The highest BCUT2D eigenvalue weighted by Crippen LogP contribution is 2.37. The molecule has 0 saturated carbocycles. The number of alkyl halides is 3. The maximum atomic E-state index is 14.2. The van der Waals surface area contributed by atoms with Gasteiger partial charge in [0, 0.05) is 12.1 Å². The minimum Gasteiger partial charge on any atom is -0.451 e. The SMILES string of the molecule is CC(C)(C)OC(=O)NC(C)(C)c1cc(-c2ccc(F)cc2)nc(C(CNC(=O)c2cocn2)C(F)(F)F)c1. The molecule has 2 heterocycles. The van der Waals surface area contributed by atoms with Crippen molar-refractivity contribution in [3.63, 3.8) is 0 Å². The topological polar surface area (TPSA) is 106 Å². The summed E-state index contributed by atoms with van der Waals surface area (Å²) in [6.45, 7) is 7.39. The first-order chi connectivity index (χ1) is 17.5. The molecule has 3 rings (SSSR count). The molecule has 3 aromatic rings. The maximum Gasteiger partial charge on any atom is 0.408 e. The molecule has 2 aromatic heterocycles. The van der Waals surface area contributed by atoms with Gasteiger partial charge in [-0.3, -0.25) is 9.78 Å². The van der Waals surface area contributed by atoms with Crippen molar-refractivity contribution >= 4 is 12.0 Å². The molecule has 2 N–H and O–H groups in total. The highest BCUT2D eigenvalue weighted by Gasteiger charge is 2.43. The van der Waals surface area contributed by atoms with Crippen LogP contribution in [0.25, 0.3) is 11.3 Å². The Bertz CT molecular complexity index is 1270. The van der Waals surface area contributed by atoms with Gasteiger partial charge in [-0.1, -0.05) is 0 Å². The van der Waals surface area contributed by atoms with E-state index in [-0.39, 0.29) is 17.0 Å². The smallest absolute Gasteiger partial charge is 0.408 e. The summed E-state index contributed by atoms with van der Waals surface area (Å²) in [5.41, 5.74) is -1.83. The van der Waals surface area contributed by atoms with Gasteiger partial charge in [0.05, 0.1) is 16.9 Å². The highest BCUT2D eigenvalue weighted by molar-refractivity contribution is 5.91. The zero-order chi connectivity index (χ0) is 28.3. The molecule has 204 valence electrons. The molecule has 0 fully saturated rings. The molecule has 1 atom stereocenters. The van der Waals surface area contributed by atoms with Gasteiger partial charge in [-0.2, -0.15) is 13.2 Å². The quantitative estimate of drug-likeness (QED) is 0.375. The van der Waals surface area contributed by atoms with E-state index in [0.29, 0.717) is 5.56 Å². The number of nitrogens with zero attached hydrogens (tertiary/aromatic N) is 2. The fourth-order valence-corrected chi connectivity index (χ4v) is 3.49. The van der Waals surface area contributed by atoms with E-state index in [1.165, 1.54) is 24.3 Å². The average Bonchev–Trinajstić information content (AvgIpc) is 3.32. The minimum absolute atomic E-state index is 0.119. The van der Waals surface area contributed by atoms with E-state index < -0.39 is 53.3 Å². The van der Waals surface area contributed by atoms with Gasteiger partial charge in [0.1, 0.15) is 23.6 Å². The molecule has 12 heteroatoms. The van der Waals surface area contributed by atoms with Crippen molar-refractivity contribution < 1.29 is 36.3 Å². The zero-order valence-electron chi connectivity index (χ0n) is 21.4. The van der Waals surface area contributed by atoms with Crippen molar-refractivity contribution in [1.29, 1.82) is 0 Å². The van der Waals surface area contributed by atoms with Gasteiger partial charge in [0.15, 0.2) is 12.1 Å². The van der Waals surface area contributed by atoms with Gasteiger partial charge >= 0.3 is 12.3 Å². The van der Waals surface area contributed by atoms with Crippen LogP contribution in [-0.4, -0.2) is 40.3 Å². The highest BCUT2D eigenvalue weighted by atomic mass is 19.4. The zero-order valence-corrected chi connectivity index (χ0v) is 21.4. The van der Waals surface area contributed by atoms with Gasteiger partial charge in [-0.15, -0.1) is 0 Å². The van der Waals surface area contributed by atoms with Crippen LogP contribution < -0.4 is 10.6 Å². The second-order valence-corrected chi connectivity index (χ2v) is 10.1. The lowest BCUT2D eigenvalue weighted by Gasteiger charge is -2.30. The van der Waals surface area contributed by atoms with Crippen LogP contribution in [-0.2, 0) is 10.3 Å². The summed E-state index contributed by atoms with van der Waals surface area (Å²) in [4.78, 5) is 32.6. The van der Waals surface area contributed by atoms with E-state index in [0.717, 1.165) is 24.8 Å². The summed E-state index contributed by atoms with van der Waals surface area (Å²) >= 11 is 0. The number of ether oxygens (including phenoxy) is 1. The van der Waals surface area contributed by atoms with Crippen molar-refractivity contribution in [2.75, 3.05) is 6.54 Å². The lowest BCUT2D eigenvalue weighted by Crippen LogP contribution is -2.44. The minimum atomic E-state index is -4.80. The van der Waals surface area contributed by atoms with Crippen LogP contribution >= 0.6 is 0 Å². The third-order valence-corrected chi connectivity index (χ3v) is 5.40. The molecule has 0 aliphatic rings. The van der Waals surface area contributed by atoms with Crippen LogP contribution in [0.15, 0.2) is 53.5 Å². The molecule has 0 saturated heterocycles. The summed E-state index contributed by atoms with van der Waals surface area (Å²) in [6.07, 6.45) is -3.58. The summed E-state index contributed by atoms with van der Waals surface area (Å²) in [7, 11) is 0. The monoisotopic (exact) mass is 536 g/mol. The predicted octanol–water partition coefficient (Wildman–Crippen LogP) is 5.71. The normalized spacial score (nSPS) is 13.1. The first-order valence-corrected chi connectivity index (χ1v) is 11.6. The molecular formula is C26H28F4N4O4. The van der Waals surface area contributed by atoms with E-state index in [2.05, 4.69) is 20.6 Å².